The summed E-state index contributed by atoms with van der Waals surface area (Å²) in [6, 6.07) is 36.0. The van der Waals surface area contributed by atoms with Crippen LogP contribution >= 0.6 is 0 Å². The Labute approximate surface area is 336 Å². The van der Waals surface area contributed by atoms with Crippen molar-refractivity contribution >= 4 is 34.8 Å². The molecule has 1 fully saturated rings. The molecule has 0 spiro atoms. The van der Waals surface area contributed by atoms with E-state index >= 15 is 0 Å². The van der Waals surface area contributed by atoms with E-state index in [1.165, 1.54) is 54.6 Å². The molecule has 14 nitrogen and oxygen atoms in total. The second kappa shape index (κ2) is 18.2. The average molecular weight is 801 g/mol. The van der Waals surface area contributed by atoms with Gasteiger partial charge in [-0.15, -0.1) is 0 Å². The van der Waals surface area contributed by atoms with E-state index in [-0.39, 0.29) is 51.3 Å². The first-order valence-electron chi connectivity index (χ1n) is 18.4. The van der Waals surface area contributed by atoms with Gasteiger partial charge in [-0.05, 0) is 67.6 Å². The predicted molar refractivity (Wildman–Crippen MR) is 208 cm³/mol. The summed E-state index contributed by atoms with van der Waals surface area (Å²) in [5.41, 5.74) is -0.481. The molecule has 0 saturated carbocycles. The van der Waals surface area contributed by atoms with Crippen LogP contribution < -0.4 is 15.1 Å². The van der Waals surface area contributed by atoms with E-state index in [1.54, 1.807) is 91.9 Å². The molecule has 59 heavy (non-hydrogen) atoms. The lowest BCUT2D eigenvalue weighted by atomic mass is 9.97. The summed E-state index contributed by atoms with van der Waals surface area (Å²) in [7, 11) is 0. The Balaban J connectivity index is 1.32. The third kappa shape index (κ3) is 9.24. The van der Waals surface area contributed by atoms with Gasteiger partial charge in [0.1, 0.15) is 24.0 Å². The van der Waals surface area contributed by atoms with Crippen molar-refractivity contribution < 1.29 is 61.9 Å². The van der Waals surface area contributed by atoms with Crippen molar-refractivity contribution in [3.63, 3.8) is 0 Å². The number of carbonyl (C=O) groups is 4. The highest BCUT2D eigenvalue weighted by Crippen LogP contribution is 2.36. The molecular formula is C45H36O14. The molecule has 0 bridgehead atoms. The molecule has 2 heterocycles. The van der Waals surface area contributed by atoms with Crippen molar-refractivity contribution in [2.45, 2.75) is 37.6 Å². The van der Waals surface area contributed by atoms with Gasteiger partial charge in [-0.25, -0.2) is 24.0 Å². The van der Waals surface area contributed by atoms with Gasteiger partial charge in [0.25, 0.3) is 0 Å². The Hall–Kier alpha value is -7.45. The Morgan fingerprint density at radius 3 is 1.59 bits per heavy atom. The van der Waals surface area contributed by atoms with Crippen LogP contribution in [0, 0.1) is 0 Å². The van der Waals surface area contributed by atoms with Gasteiger partial charge in [-0.2, -0.15) is 0 Å². The number of carbonyl (C=O) groups excluding carboxylic acids is 4. The Kier molecular flexibility index (Phi) is 12.3. The smallest absolute Gasteiger partial charge is 0.383 e. The van der Waals surface area contributed by atoms with Crippen molar-refractivity contribution in [3.05, 3.63) is 172 Å². The fourth-order valence-corrected chi connectivity index (χ4v) is 6.25. The number of hydrogen-bond donors (Lipinski definition) is 1. The maximum Gasteiger partial charge on any atom is 0.383 e. The first kappa shape index (κ1) is 39.8. The minimum Gasteiger partial charge on any atom is -0.504 e. The quantitative estimate of drug-likeness (QED) is 0.0755. The first-order chi connectivity index (χ1) is 28.7. The molecule has 0 amide bonds. The number of benzene rings is 5. The van der Waals surface area contributed by atoms with Gasteiger partial charge in [-0.1, -0.05) is 72.8 Å². The number of fused-ring (bicyclic) bond motifs is 1. The zero-order valence-corrected chi connectivity index (χ0v) is 31.3. The summed E-state index contributed by atoms with van der Waals surface area (Å²) in [4.78, 5) is 67.4. The minimum absolute atomic E-state index is 0.0251. The highest BCUT2D eigenvalue weighted by molar-refractivity contribution is 5.92. The molecule has 0 aliphatic carbocycles. The molecule has 1 saturated heterocycles. The maximum atomic E-state index is 13.9. The van der Waals surface area contributed by atoms with Crippen LogP contribution in [0.4, 0.5) is 0 Å². The number of rotatable bonds is 13. The standard InChI is InChI=1S/C45H36O14/c1-2-52-37-35(46)32-24-23-31(25-33(32)55-44(37)51)54-45-39(59-43(50)30-21-13-6-14-22-30)38(58-42(49)29-19-11-5-12-20-29)36(57-41(48)28-17-9-4-10-18-28)34(56-45)26-53-40(47)27-15-7-3-8-16-27/h3-25,34,36,38-39,45-46H,2,26H2,1H3/t34-,36+,38+,39-,45-/m1/s1. The fourth-order valence-electron chi connectivity index (χ4n) is 6.25. The van der Waals surface area contributed by atoms with Gasteiger partial charge in [0.15, 0.2) is 18.0 Å². The van der Waals surface area contributed by atoms with Crippen molar-refractivity contribution in [2.24, 2.45) is 0 Å². The van der Waals surface area contributed by atoms with E-state index in [4.69, 9.17) is 37.6 Å². The molecule has 300 valence electrons. The van der Waals surface area contributed by atoms with Crippen molar-refractivity contribution in [1.29, 1.82) is 0 Å². The zero-order valence-electron chi connectivity index (χ0n) is 31.3. The van der Waals surface area contributed by atoms with Gasteiger partial charge in [0, 0.05) is 6.07 Å². The van der Waals surface area contributed by atoms with E-state index in [0.29, 0.717) is 0 Å². The third-order valence-corrected chi connectivity index (χ3v) is 9.09. The second-order valence-corrected chi connectivity index (χ2v) is 13.0. The van der Waals surface area contributed by atoms with Gasteiger partial charge in [0.05, 0.1) is 34.2 Å². The predicted octanol–water partition coefficient (Wildman–Crippen LogP) is 6.53. The summed E-state index contributed by atoms with van der Waals surface area (Å²) in [6.07, 6.45) is -8.03. The van der Waals surface area contributed by atoms with Crippen LogP contribution in [0.5, 0.6) is 17.2 Å². The largest absolute Gasteiger partial charge is 0.504 e. The minimum atomic E-state index is -1.68. The number of hydrogen-bond acceptors (Lipinski definition) is 14. The molecule has 0 radical (unpaired) electrons. The first-order valence-corrected chi connectivity index (χ1v) is 18.4. The molecule has 0 unspecified atom stereocenters. The van der Waals surface area contributed by atoms with Crippen molar-refractivity contribution in [3.8, 4) is 17.2 Å². The van der Waals surface area contributed by atoms with E-state index in [2.05, 4.69) is 0 Å². The van der Waals surface area contributed by atoms with Crippen LogP contribution in [0.2, 0.25) is 0 Å². The summed E-state index contributed by atoms with van der Waals surface area (Å²) >= 11 is 0. The molecule has 5 aromatic carbocycles. The molecule has 6 aromatic rings. The van der Waals surface area contributed by atoms with E-state index < -0.39 is 72.6 Å². The SMILES string of the molecule is CCOc1c(O)c2ccc(O[C@@H]3O[C@H](COC(=O)c4ccccc4)[C@H](OC(=O)c4ccccc4)[C@H](OC(=O)c4ccccc4)[C@H]3OC(=O)c3ccccc3)cc2oc1=O. The number of ether oxygens (including phenoxy) is 7. The lowest BCUT2D eigenvalue weighted by Gasteiger charge is -2.44. The lowest BCUT2D eigenvalue weighted by Crippen LogP contribution is -2.63. The molecule has 1 N–H and O–H groups in total. The maximum absolute atomic E-state index is 13.9. The molecule has 1 aromatic heterocycles. The monoisotopic (exact) mass is 800 g/mol. The topological polar surface area (TPSA) is 183 Å². The summed E-state index contributed by atoms with van der Waals surface area (Å²) in [5.74, 6) is -4.22. The number of aromatic hydroxyl groups is 1. The second-order valence-electron chi connectivity index (χ2n) is 13.0. The van der Waals surface area contributed by atoms with Crippen LogP contribution in [0.3, 0.4) is 0 Å². The van der Waals surface area contributed by atoms with Crippen LogP contribution in [0.25, 0.3) is 11.0 Å². The van der Waals surface area contributed by atoms with Crippen LogP contribution in [-0.4, -0.2) is 72.9 Å². The third-order valence-electron chi connectivity index (χ3n) is 9.09. The van der Waals surface area contributed by atoms with E-state index in [0.717, 1.165) is 0 Å². The highest BCUT2D eigenvalue weighted by Gasteiger charge is 2.54. The van der Waals surface area contributed by atoms with Crippen LogP contribution in [-0.2, 0) is 23.7 Å². The van der Waals surface area contributed by atoms with Gasteiger partial charge in [-0.3, -0.25) is 0 Å². The average Bonchev–Trinajstić information content (AvgIpc) is 3.27. The Bertz CT molecular complexity index is 2470. The van der Waals surface area contributed by atoms with Crippen molar-refractivity contribution in [1.82, 2.24) is 0 Å². The Morgan fingerprint density at radius 2 is 1.08 bits per heavy atom. The normalized spacial score (nSPS) is 18.6. The van der Waals surface area contributed by atoms with E-state index in [9.17, 15) is 29.1 Å². The number of esters is 4. The van der Waals surface area contributed by atoms with Crippen molar-refractivity contribution in [2.75, 3.05) is 13.2 Å². The molecule has 5 atom stereocenters. The van der Waals surface area contributed by atoms with E-state index in [1.807, 2.05) is 0 Å². The van der Waals surface area contributed by atoms with Gasteiger partial charge < -0.3 is 42.7 Å². The molecule has 14 heteroatoms. The van der Waals surface area contributed by atoms with Gasteiger partial charge in [0.2, 0.25) is 18.1 Å². The summed E-state index contributed by atoms with van der Waals surface area (Å²) in [5, 5.41) is 10.9. The molecule has 7 rings (SSSR count). The Morgan fingerprint density at radius 1 is 0.610 bits per heavy atom. The summed E-state index contributed by atoms with van der Waals surface area (Å²) in [6.45, 7) is 1.16. The molecule has 1 aliphatic heterocycles. The highest BCUT2D eigenvalue weighted by atomic mass is 16.7. The van der Waals surface area contributed by atoms with Crippen LogP contribution in [0.15, 0.2) is 149 Å². The van der Waals surface area contributed by atoms with Gasteiger partial charge >= 0.3 is 29.5 Å². The molecular weight excluding hydrogens is 764 g/mol. The summed E-state index contributed by atoms with van der Waals surface area (Å²) < 4.78 is 47.3. The van der Waals surface area contributed by atoms with Crippen LogP contribution in [0.1, 0.15) is 48.4 Å². The molecule has 1 aliphatic rings. The lowest BCUT2D eigenvalue weighted by molar-refractivity contribution is -0.275. The fraction of sp³-hybridized carbons (Fsp3) is 0.178. The zero-order chi connectivity index (χ0) is 41.3.